The molecule has 0 radical (unpaired) electrons. The van der Waals surface area contributed by atoms with Crippen LogP contribution in [0, 0.1) is 0 Å². The van der Waals surface area contributed by atoms with E-state index in [4.69, 9.17) is 0 Å². The zero-order valence-corrected chi connectivity index (χ0v) is 16.5. The Bertz CT molecular complexity index is 725. The van der Waals surface area contributed by atoms with Crippen molar-refractivity contribution in [1.29, 1.82) is 0 Å². The molecule has 0 amide bonds. The van der Waals surface area contributed by atoms with Crippen molar-refractivity contribution >= 4 is 34.0 Å². The number of hydrogen-bond acceptors (Lipinski definition) is 3. The van der Waals surface area contributed by atoms with Gasteiger partial charge < -0.3 is 0 Å². The van der Waals surface area contributed by atoms with Gasteiger partial charge in [0.15, 0.2) is 0 Å². The van der Waals surface area contributed by atoms with E-state index in [0.717, 1.165) is 6.42 Å². The first-order valence-electron chi connectivity index (χ1n) is 8.27. The van der Waals surface area contributed by atoms with Crippen LogP contribution in [-0.4, -0.2) is 0 Å². The highest BCUT2D eigenvalue weighted by Gasteiger charge is 2.30. The zero-order valence-electron chi connectivity index (χ0n) is 14.0. The topological polar surface area (TPSA) is 0 Å². The van der Waals surface area contributed by atoms with Crippen molar-refractivity contribution in [2.45, 2.75) is 32.1 Å². The fourth-order valence-corrected chi connectivity index (χ4v) is 5.84. The van der Waals surface area contributed by atoms with Crippen molar-refractivity contribution in [1.82, 2.24) is 0 Å². The van der Waals surface area contributed by atoms with Gasteiger partial charge in [0.2, 0.25) is 0 Å². The molecule has 0 aliphatic rings. The first kappa shape index (κ1) is 17.4. The Hall–Kier alpha value is -1.42. The lowest BCUT2D eigenvalue weighted by Gasteiger charge is -2.27. The van der Waals surface area contributed by atoms with Crippen LogP contribution in [0.1, 0.15) is 46.7 Å². The van der Waals surface area contributed by atoms with Crippen molar-refractivity contribution in [2.75, 3.05) is 0 Å². The second-order valence-corrected chi connectivity index (χ2v) is 8.56. The molecular formula is C21H22S3. The molecule has 3 heterocycles. The predicted octanol–water partition coefficient (Wildman–Crippen LogP) is 7.70. The first-order valence-corrected chi connectivity index (χ1v) is 10.9. The second kappa shape index (κ2) is 8.61. The average molecular weight is 371 g/mol. The molecule has 0 aliphatic heterocycles. The van der Waals surface area contributed by atoms with Gasteiger partial charge in [0.25, 0.3) is 0 Å². The molecule has 0 aromatic carbocycles. The average Bonchev–Trinajstić information content (AvgIpc) is 3.35. The summed E-state index contributed by atoms with van der Waals surface area (Å²) < 4.78 is 0. The molecule has 3 rings (SSSR count). The summed E-state index contributed by atoms with van der Waals surface area (Å²) in [4.78, 5) is 4.37. The highest BCUT2D eigenvalue weighted by Crippen LogP contribution is 2.47. The molecule has 0 saturated heterocycles. The molecule has 0 aliphatic carbocycles. The van der Waals surface area contributed by atoms with Gasteiger partial charge in [-0.25, -0.2) is 0 Å². The van der Waals surface area contributed by atoms with Crippen LogP contribution in [0.5, 0.6) is 0 Å². The monoisotopic (exact) mass is 370 g/mol. The molecule has 0 spiro atoms. The third-order valence-electron chi connectivity index (χ3n) is 4.19. The molecule has 124 valence electrons. The quantitative estimate of drug-likeness (QED) is 0.374. The van der Waals surface area contributed by atoms with E-state index in [9.17, 15) is 0 Å². The van der Waals surface area contributed by atoms with Crippen molar-refractivity contribution < 1.29 is 0 Å². The van der Waals surface area contributed by atoms with E-state index in [2.05, 4.69) is 84.6 Å². The number of thiophene rings is 3. The van der Waals surface area contributed by atoms with Crippen molar-refractivity contribution in [3.63, 3.8) is 0 Å². The summed E-state index contributed by atoms with van der Waals surface area (Å²) in [5, 5.41) is 6.59. The minimum absolute atomic E-state index is 0.403. The maximum atomic E-state index is 2.32. The fourth-order valence-electron chi connectivity index (χ4n) is 3.10. The summed E-state index contributed by atoms with van der Waals surface area (Å²) in [6.07, 6.45) is 7.69. The van der Waals surface area contributed by atoms with Gasteiger partial charge in [-0.05, 0) is 47.7 Å². The Kier molecular flexibility index (Phi) is 6.24. The van der Waals surface area contributed by atoms with Crippen LogP contribution >= 0.6 is 34.0 Å². The SMILES string of the molecule is C/C=C\C=C(/CC)C(c1cccs1)C(c1cccs1)c1cccs1. The Morgan fingerprint density at radius 2 is 1.46 bits per heavy atom. The molecule has 0 saturated carbocycles. The van der Waals surface area contributed by atoms with Crippen molar-refractivity contribution in [3.05, 3.63) is 91.0 Å². The third kappa shape index (κ3) is 3.80. The summed E-state index contributed by atoms with van der Waals surface area (Å²) in [5.74, 6) is 0.809. The van der Waals surface area contributed by atoms with Gasteiger partial charge in [-0.3, -0.25) is 0 Å². The molecule has 0 N–H and O–H groups in total. The minimum atomic E-state index is 0.403. The number of rotatable bonds is 7. The molecule has 0 fully saturated rings. The fraction of sp³-hybridized carbons (Fsp3) is 0.238. The second-order valence-electron chi connectivity index (χ2n) is 5.62. The maximum Gasteiger partial charge on any atom is 0.0391 e. The first-order chi connectivity index (χ1) is 11.8. The van der Waals surface area contributed by atoms with Crippen LogP contribution in [0.15, 0.2) is 76.3 Å². The van der Waals surface area contributed by atoms with Crippen LogP contribution in [0.2, 0.25) is 0 Å². The summed E-state index contributed by atoms with van der Waals surface area (Å²) in [7, 11) is 0. The van der Waals surface area contributed by atoms with Crippen molar-refractivity contribution in [3.8, 4) is 0 Å². The Labute approximate surface area is 156 Å². The van der Waals surface area contributed by atoms with Gasteiger partial charge in [-0.1, -0.05) is 48.9 Å². The third-order valence-corrected chi connectivity index (χ3v) is 7.06. The number of hydrogen-bond donors (Lipinski definition) is 0. The predicted molar refractivity (Wildman–Crippen MR) is 111 cm³/mol. The van der Waals surface area contributed by atoms with Crippen LogP contribution in [-0.2, 0) is 0 Å². The Morgan fingerprint density at radius 3 is 1.88 bits per heavy atom. The molecule has 3 aromatic heterocycles. The maximum absolute atomic E-state index is 2.32. The smallest absolute Gasteiger partial charge is 0.0391 e. The molecular weight excluding hydrogens is 348 g/mol. The Balaban J connectivity index is 2.14. The highest BCUT2D eigenvalue weighted by molar-refractivity contribution is 7.12. The van der Waals surface area contributed by atoms with E-state index in [1.807, 2.05) is 34.0 Å². The van der Waals surface area contributed by atoms with E-state index >= 15 is 0 Å². The van der Waals surface area contributed by atoms with E-state index in [1.54, 1.807) is 0 Å². The van der Waals surface area contributed by atoms with Gasteiger partial charge in [-0.15, -0.1) is 34.0 Å². The number of allylic oxidation sites excluding steroid dienone is 4. The van der Waals surface area contributed by atoms with E-state index in [0.29, 0.717) is 11.8 Å². The van der Waals surface area contributed by atoms with Crippen molar-refractivity contribution in [2.24, 2.45) is 0 Å². The largest absolute Gasteiger partial charge is 0.148 e. The molecule has 3 heteroatoms. The van der Waals surface area contributed by atoms with Crippen LogP contribution in [0.4, 0.5) is 0 Å². The van der Waals surface area contributed by atoms with Gasteiger partial charge >= 0.3 is 0 Å². The molecule has 0 bridgehead atoms. The summed E-state index contributed by atoms with van der Waals surface area (Å²) in [5.41, 5.74) is 1.50. The lowest BCUT2D eigenvalue weighted by Crippen LogP contribution is -2.12. The van der Waals surface area contributed by atoms with E-state index in [1.165, 1.54) is 20.2 Å². The van der Waals surface area contributed by atoms with E-state index in [-0.39, 0.29) is 0 Å². The standard InChI is InChI=1S/C21H22S3/c1-3-5-9-16(4-2)20(17-10-6-13-22-17)21(18-11-7-14-23-18)19-12-8-15-24-19/h3,5-15,20-21H,4H2,1-2H3/b5-3-,16-9+. The van der Waals surface area contributed by atoms with Gasteiger partial charge in [0, 0.05) is 26.5 Å². The highest BCUT2D eigenvalue weighted by atomic mass is 32.1. The van der Waals surface area contributed by atoms with Gasteiger partial charge in [-0.2, -0.15) is 0 Å². The van der Waals surface area contributed by atoms with Crippen LogP contribution in [0.25, 0.3) is 0 Å². The summed E-state index contributed by atoms with van der Waals surface area (Å²) in [6, 6.07) is 13.4. The van der Waals surface area contributed by atoms with Crippen LogP contribution < -0.4 is 0 Å². The molecule has 1 unspecified atom stereocenters. The molecule has 24 heavy (non-hydrogen) atoms. The van der Waals surface area contributed by atoms with E-state index < -0.39 is 0 Å². The normalized spacial score (nSPS) is 13.9. The lowest BCUT2D eigenvalue weighted by atomic mass is 9.81. The summed E-state index contributed by atoms with van der Waals surface area (Å²) >= 11 is 5.62. The van der Waals surface area contributed by atoms with Gasteiger partial charge in [0.05, 0.1) is 0 Å². The minimum Gasteiger partial charge on any atom is -0.148 e. The zero-order chi connectivity index (χ0) is 16.8. The molecule has 1 atom stereocenters. The lowest BCUT2D eigenvalue weighted by molar-refractivity contribution is 0.690. The summed E-state index contributed by atoms with van der Waals surface area (Å²) in [6.45, 7) is 4.36. The Morgan fingerprint density at radius 1 is 0.917 bits per heavy atom. The molecule has 3 aromatic rings. The molecule has 0 nitrogen and oxygen atoms in total. The van der Waals surface area contributed by atoms with Gasteiger partial charge in [0.1, 0.15) is 0 Å². The van der Waals surface area contributed by atoms with Crippen LogP contribution in [0.3, 0.4) is 0 Å².